The molecule has 2 aromatic heterocycles. The minimum atomic E-state index is -4.28. The summed E-state index contributed by atoms with van der Waals surface area (Å²) in [7, 11) is 0. The number of hydrogen-bond acceptors (Lipinski definition) is 5. The Hall–Kier alpha value is -3.87. The quantitative estimate of drug-likeness (QED) is 0.542. The van der Waals surface area contributed by atoms with Crippen LogP contribution in [0.2, 0.25) is 0 Å². The van der Waals surface area contributed by atoms with E-state index in [1.54, 1.807) is 12.1 Å². The Morgan fingerprint density at radius 2 is 1.88 bits per heavy atom. The van der Waals surface area contributed by atoms with Crippen LogP contribution in [-0.4, -0.2) is 32.0 Å². The van der Waals surface area contributed by atoms with E-state index in [2.05, 4.69) is 15.4 Å². The number of anilines is 1. The van der Waals surface area contributed by atoms with Crippen molar-refractivity contribution in [1.82, 2.24) is 14.8 Å². The first-order valence-corrected chi connectivity index (χ1v) is 10.8. The van der Waals surface area contributed by atoms with Crippen LogP contribution in [0.1, 0.15) is 49.1 Å². The molecule has 1 aromatic carbocycles. The van der Waals surface area contributed by atoms with E-state index >= 15 is 0 Å². The smallest absolute Gasteiger partial charge is 0.398 e. The van der Waals surface area contributed by atoms with Crippen molar-refractivity contribution in [3.05, 3.63) is 71.2 Å². The summed E-state index contributed by atoms with van der Waals surface area (Å²) in [6.07, 6.45) is -1.45. The highest BCUT2D eigenvalue weighted by atomic mass is 19.4. The third kappa shape index (κ3) is 5.36. The van der Waals surface area contributed by atoms with Gasteiger partial charge in [0.1, 0.15) is 6.07 Å². The van der Waals surface area contributed by atoms with E-state index < -0.39 is 17.5 Å². The molecule has 2 N–H and O–H groups in total. The summed E-state index contributed by atoms with van der Waals surface area (Å²) >= 11 is 0. The third-order valence-electron chi connectivity index (χ3n) is 5.44. The number of hydrogen-bond donors (Lipinski definition) is 2. The van der Waals surface area contributed by atoms with Gasteiger partial charge >= 0.3 is 6.18 Å². The van der Waals surface area contributed by atoms with Gasteiger partial charge in [0, 0.05) is 6.20 Å². The highest BCUT2D eigenvalue weighted by Crippen LogP contribution is 2.58. The Morgan fingerprint density at radius 1 is 1.21 bits per heavy atom. The van der Waals surface area contributed by atoms with Gasteiger partial charge in [0.15, 0.2) is 11.6 Å². The zero-order chi connectivity index (χ0) is 24.9. The number of nitrogens with zero attached hydrogens (tertiary/aromatic N) is 4. The predicted octanol–water partition coefficient (Wildman–Crippen LogP) is 4.70. The second-order valence-electron chi connectivity index (χ2n) is 7.71. The maximum atomic E-state index is 13.2. The van der Waals surface area contributed by atoms with Crippen molar-refractivity contribution < 1.29 is 23.1 Å². The highest BCUT2D eigenvalue weighted by molar-refractivity contribution is 5.92. The lowest BCUT2D eigenvalue weighted by Gasteiger charge is -2.19. The normalized spacial score (nSPS) is 13.9. The minimum Gasteiger partial charge on any atom is -0.503 e. The predicted molar refractivity (Wildman–Crippen MR) is 119 cm³/mol. The van der Waals surface area contributed by atoms with Gasteiger partial charge in [-0.1, -0.05) is 38.1 Å². The van der Waals surface area contributed by atoms with E-state index in [0.717, 1.165) is 0 Å². The fourth-order valence-electron chi connectivity index (χ4n) is 3.50. The summed E-state index contributed by atoms with van der Waals surface area (Å²) in [6, 6.07) is 11.1. The van der Waals surface area contributed by atoms with Crippen molar-refractivity contribution in [1.29, 1.82) is 5.26 Å². The first-order valence-electron chi connectivity index (χ1n) is 10.8. The number of pyridine rings is 1. The van der Waals surface area contributed by atoms with Gasteiger partial charge in [0.25, 0.3) is 0 Å². The molecule has 0 saturated heterocycles. The van der Waals surface area contributed by atoms with Crippen molar-refractivity contribution >= 4 is 11.7 Å². The van der Waals surface area contributed by atoms with E-state index in [0.29, 0.717) is 16.8 Å². The van der Waals surface area contributed by atoms with E-state index in [9.17, 15) is 23.1 Å². The first-order chi connectivity index (χ1) is 16.2. The zero-order valence-corrected chi connectivity index (χ0v) is 18.7. The van der Waals surface area contributed by atoms with Crippen LogP contribution < -0.4 is 5.32 Å². The van der Waals surface area contributed by atoms with E-state index in [1.807, 2.05) is 19.9 Å². The molecule has 3 aromatic rings. The van der Waals surface area contributed by atoms with Crippen molar-refractivity contribution in [2.75, 3.05) is 5.32 Å². The number of aromatic hydroxyl groups is 1. The van der Waals surface area contributed by atoms with Crippen LogP contribution in [0.3, 0.4) is 0 Å². The number of benzene rings is 1. The Kier molecular flexibility index (Phi) is 7.25. The monoisotopic (exact) mass is 471 g/mol. The number of alkyl halides is 3. The van der Waals surface area contributed by atoms with Gasteiger partial charge in [0.05, 0.1) is 35.8 Å². The fourth-order valence-corrected chi connectivity index (χ4v) is 3.50. The van der Waals surface area contributed by atoms with Gasteiger partial charge in [-0.25, -0.2) is 0 Å². The van der Waals surface area contributed by atoms with Gasteiger partial charge in [-0.2, -0.15) is 23.5 Å². The standard InChI is InChI=1S/C22H18F3N5O2.C2H6/c23-22(24,25)21(7-8-21)16-4-1-14(2-5-16)9-19(32)28-20-18(31)13-30(29-20)12-17-6-3-15(10-26)11-27-17;1-2/h1-6,11,13,31H,7-9,12H2,(H,28,29,32);1-2H3. The summed E-state index contributed by atoms with van der Waals surface area (Å²) in [5.74, 6) is -0.732. The molecule has 0 aliphatic heterocycles. The van der Waals surface area contributed by atoms with Crippen LogP contribution in [0.4, 0.5) is 19.0 Å². The molecular formula is C24H24F3N5O2. The summed E-state index contributed by atoms with van der Waals surface area (Å²) in [4.78, 5) is 16.5. The van der Waals surface area contributed by atoms with Crippen LogP contribution in [0.15, 0.2) is 48.8 Å². The molecule has 1 aliphatic carbocycles. The lowest BCUT2D eigenvalue weighted by Crippen LogP contribution is -2.28. The number of carbonyl (C=O) groups is 1. The van der Waals surface area contributed by atoms with Gasteiger partial charge < -0.3 is 10.4 Å². The average molecular weight is 471 g/mol. The van der Waals surface area contributed by atoms with Crippen molar-refractivity contribution in [2.45, 2.75) is 51.2 Å². The third-order valence-corrected chi connectivity index (χ3v) is 5.44. The van der Waals surface area contributed by atoms with Crippen LogP contribution in [0.25, 0.3) is 0 Å². The first kappa shape index (κ1) is 24.8. The highest BCUT2D eigenvalue weighted by Gasteiger charge is 2.64. The molecule has 1 saturated carbocycles. The Balaban J connectivity index is 0.00000158. The van der Waals surface area contributed by atoms with Crippen LogP contribution in [-0.2, 0) is 23.2 Å². The largest absolute Gasteiger partial charge is 0.503 e. The summed E-state index contributed by atoms with van der Waals surface area (Å²) in [6.45, 7) is 4.22. The number of halogens is 3. The lowest BCUT2D eigenvalue weighted by atomic mass is 9.94. The molecule has 1 fully saturated rings. The number of nitriles is 1. The van der Waals surface area contributed by atoms with E-state index in [4.69, 9.17) is 5.26 Å². The molecule has 2 heterocycles. The number of carbonyl (C=O) groups excluding carboxylic acids is 1. The number of nitrogens with one attached hydrogen (secondary N) is 1. The minimum absolute atomic E-state index is 0.0331. The Bertz CT molecular complexity index is 1180. The lowest BCUT2D eigenvalue weighted by molar-refractivity contribution is -0.160. The van der Waals surface area contributed by atoms with Crippen LogP contribution in [0.5, 0.6) is 5.75 Å². The number of rotatable bonds is 6. The van der Waals surface area contributed by atoms with E-state index in [-0.39, 0.29) is 42.9 Å². The second kappa shape index (κ2) is 9.95. The summed E-state index contributed by atoms with van der Waals surface area (Å²) in [5.41, 5.74) is 0.0309. The summed E-state index contributed by atoms with van der Waals surface area (Å²) in [5, 5.41) is 25.5. The molecule has 0 radical (unpaired) electrons. The molecule has 0 spiro atoms. The molecule has 4 rings (SSSR count). The Labute approximate surface area is 194 Å². The molecule has 0 bridgehead atoms. The van der Waals surface area contributed by atoms with Crippen molar-refractivity contribution in [2.24, 2.45) is 0 Å². The second-order valence-corrected chi connectivity index (χ2v) is 7.71. The maximum absolute atomic E-state index is 13.2. The maximum Gasteiger partial charge on any atom is 0.398 e. The SMILES string of the molecule is CC.N#Cc1ccc(Cn2cc(O)c(NC(=O)Cc3ccc(C4(C(F)(F)F)CC4)cc3)n2)nc1. The molecule has 10 heteroatoms. The molecule has 0 atom stereocenters. The zero-order valence-electron chi connectivity index (χ0n) is 18.7. The molecule has 1 amide bonds. The molecule has 34 heavy (non-hydrogen) atoms. The average Bonchev–Trinajstić information content (AvgIpc) is 3.57. The topological polar surface area (TPSA) is 104 Å². The summed E-state index contributed by atoms with van der Waals surface area (Å²) < 4.78 is 41.1. The molecule has 7 nitrogen and oxygen atoms in total. The van der Waals surface area contributed by atoms with Crippen LogP contribution in [0, 0.1) is 11.3 Å². The fraction of sp³-hybridized carbons (Fsp3) is 0.333. The molecule has 178 valence electrons. The van der Waals surface area contributed by atoms with E-state index in [1.165, 1.54) is 41.3 Å². The van der Waals surface area contributed by atoms with Gasteiger partial charge in [-0.3, -0.25) is 14.5 Å². The molecular weight excluding hydrogens is 447 g/mol. The van der Waals surface area contributed by atoms with Gasteiger partial charge in [-0.05, 0) is 36.1 Å². The number of aromatic nitrogens is 3. The molecule has 1 aliphatic rings. The number of amides is 1. The van der Waals surface area contributed by atoms with Crippen LogP contribution >= 0.6 is 0 Å². The Morgan fingerprint density at radius 3 is 2.41 bits per heavy atom. The van der Waals surface area contributed by atoms with Crippen molar-refractivity contribution in [3.63, 3.8) is 0 Å². The van der Waals surface area contributed by atoms with Gasteiger partial charge in [0.2, 0.25) is 5.91 Å². The van der Waals surface area contributed by atoms with Gasteiger partial charge in [-0.15, -0.1) is 0 Å². The molecule has 0 unspecified atom stereocenters. The van der Waals surface area contributed by atoms with Crippen molar-refractivity contribution in [3.8, 4) is 11.8 Å².